The second kappa shape index (κ2) is 7.21. The zero-order valence-corrected chi connectivity index (χ0v) is 10.1. The Morgan fingerprint density at radius 3 is 2.67 bits per heavy atom. The van der Waals surface area contributed by atoms with Crippen molar-refractivity contribution >= 4 is 17.9 Å². The summed E-state index contributed by atoms with van der Waals surface area (Å²) in [6, 6.07) is 5.94. The Kier molecular flexibility index (Phi) is 5.57. The Balaban J connectivity index is 2.33. The van der Waals surface area contributed by atoms with Crippen LogP contribution in [-0.4, -0.2) is 24.9 Å². The molecule has 1 rings (SSSR count). The van der Waals surface area contributed by atoms with Gasteiger partial charge in [0.05, 0.1) is 0 Å². The van der Waals surface area contributed by atoms with E-state index in [1.54, 1.807) is 12.1 Å². The third kappa shape index (κ3) is 5.79. The van der Waals surface area contributed by atoms with Crippen LogP contribution >= 0.6 is 0 Å². The normalized spacial score (nSPS) is 10.3. The van der Waals surface area contributed by atoms with Crippen molar-refractivity contribution in [3.05, 3.63) is 41.7 Å². The minimum absolute atomic E-state index is 0.139. The fourth-order valence-corrected chi connectivity index (χ4v) is 1.27. The van der Waals surface area contributed by atoms with E-state index >= 15 is 0 Å². The first-order valence-corrected chi connectivity index (χ1v) is 5.54. The van der Waals surface area contributed by atoms with Crippen LogP contribution in [0.25, 0.3) is 6.08 Å². The van der Waals surface area contributed by atoms with Gasteiger partial charge in [-0.05, 0) is 23.8 Å². The van der Waals surface area contributed by atoms with Crippen molar-refractivity contribution in [3.8, 4) is 0 Å². The van der Waals surface area contributed by atoms with E-state index in [0.717, 1.165) is 0 Å². The summed E-state index contributed by atoms with van der Waals surface area (Å²) in [4.78, 5) is 21.9. The number of benzene rings is 1. The van der Waals surface area contributed by atoms with Crippen molar-refractivity contribution in [2.45, 2.75) is 6.92 Å². The number of halogens is 1. The average molecular weight is 250 g/mol. The van der Waals surface area contributed by atoms with Gasteiger partial charge in [-0.25, -0.2) is 4.39 Å². The van der Waals surface area contributed by atoms with E-state index in [2.05, 4.69) is 10.6 Å². The fourth-order valence-electron chi connectivity index (χ4n) is 1.27. The maximum absolute atomic E-state index is 12.8. The first-order valence-electron chi connectivity index (χ1n) is 5.54. The first kappa shape index (κ1) is 13.9. The number of carbonyl (C=O) groups excluding carboxylic acids is 2. The van der Waals surface area contributed by atoms with Crippen molar-refractivity contribution < 1.29 is 14.0 Å². The summed E-state index contributed by atoms with van der Waals surface area (Å²) in [7, 11) is 0. The molecule has 1 aromatic rings. The molecule has 4 nitrogen and oxygen atoms in total. The van der Waals surface area contributed by atoms with Crippen molar-refractivity contribution in [2.75, 3.05) is 13.1 Å². The molecule has 0 saturated heterocycles. The van der Waals surface area contributed by atoms with Crippen molar-refractivity contribution in [3.63, 3.8) is 0 Å². The number of amides is 2. The van der Waals surface area contributed by atoms with Gasteiger partial charge in [0.15, 0.2) is 0 Å². The van der Waals surface area contributed by atoms with E-state index in [9.17, 15) is 14.0 Å². The summed E-state index contributed by atoms with van der Waals surface area (Å²) in [6.45, 7) is 2.15. The fraction of sp³-hybridized carbons (Fsp3) is 0.231. The van der Waals surface area contributed by atoms with E-state index in [4.69, 9.17) is 0 Å². The number of nitrogens with one attached hydrogen (secondary N) is 2. The van der Waals surface area contributed by atoms with Gasteiger partial charge in [-0.15, -0.1) is 0 Å². The minimum Gasteiger partial charge on any atom is -0.355 e. The lowest BCUT2D eigenvalue weighted by Crippen LogP contribution is -2.32. The molecule has 0 aliphatic rings. The van der Waals surface area contributed by atoms with Gasteiger partial charge < -0.3 is 10.6 Å². The molecule has 1 aromatic carbocycles. The lowest BCUT2D eigenvalue weighted by molar-refractivity contribution is -0.119. The largest absolute Gasteiger partial charge is 0.355 e. The molecule has 5 heteroatoms. The molecule has 96 valence electrons. The number of carbonyl (C=O) groups is 2. The Morgan fingerprint density at radius 2 is 2.00 bits per heavy atom. The van der Waals surface area contributed by atoms with Gasteiger partial charge in [0.2, 0.25) is 11.8 Å². The van der Waals surface area contributed by atoms with Crippen LogP contribution in [0.3, 0.4) is 0 Å². The zero-order valence-electron chi connectivity index (χ0n) is 10.1. The van der Waals surface area contributed by atoms with Crippen LogP contribution < -0.4 is 10.6 Å². The van der Waals surface area contributed by atoms with Crippen molar-refractivity contribution in [1.82, 2.24) is 10.6 Å². The number of hydrogen-bond donors (Lipinski definition) is 2. The molecule has 0 unspecified atom stereocenters. The highest BCUT2D eigenvalue weighted by molar-refractivity contribution is 5.91. The number of rotatable bonds is 5. The third-order valence-electron chi connectivity index (χ3n) is 2.07. The van der Waals surface area contributed by atoms with Crippen LogP contribution in [0.15, 0.2) is 30.3 Å². The summed E-state index contributed by atoms with van der Waals surface area (Å²) in [5.41, 5.74) is 0.618. The lowest BCUT2D eigenvalue weighted by Gasteiger charge is -2.02. The van der Waals surface area contributed by atoms with Gasteiger partial charge in [-0.1, -0.05) is 12.1 Å². The molecule has 0 aromatic heterocycles. The highest BCUT2D eigenvalue weighted by atomic mass is 19.1. The summed E-state index contributed by atoms with van der Waals surface area (Å²) in [6.07, 6.45) is 2.85. The van der Waals surface area contributed by atoms with E-state index in [-0.39, 0.29) is 17.6 Å². The van der Waals surface area contributed by atoms with Crippen molar-refractivity contribution in [2.24, 2.45) is 0 Å². The van der Waals surface area contributed by atoms with Crippen LogP contribution in [0.2, 0.25) is 0 Å². The molecule has 0 fully saturated rings. The minimum atomic E-state index is -0.344. The Morgan fingerprint density at radius 1 is 1.28 bits per heavy atom. The Hall–Kier alpha value is -2.17. The second-order valence-electron chi connectivity index (χ2n) is 3.66. The van der Waals surface area contributed by atoms with Crippen LogP contribution in [0.5, 0.6) is 0 Å². The molecular weight excluding hydrogens is 235 g/mol. The molecule has 2 amide bonds. The molecule has 0 atom stereocenters. The van der Waals surface area contributed by atoms with Gasteiger partial charge >= 0.3 is 0 Å². The maximum Gasteiger partial charge on any atom is 0.244 e. The molecule has 0 saturated carbocycles. The van der Waals surface area contributed by atoms with Gasteiger partial charge in [0.25, 0.3) is 0 Å². The molecule has 18 heavy (non-hydrogen) atoms. The molecule has 0 aliphatic heterocycles. The van der Waals surface area contributed by atoms with Gasteiger partial charge in [0.1, 0.15) is 5.82 Å². The summed E-state index contributed by atoms with van der Waals surface area (Å²) >= 11 is 0. The SMILES string of the molecule is CC(=O)NCCNC(=O)/C=C/c1cccc(F)c1. The third-order valence-corrected chi connectivity index (χ3v) is 2.07. The van der Waals surface area contributed by atoms with Crippen LogP contribution in [0.1, 0.15) is 12.5 Å². The van der Waals surface area contributed by atoms with Crippen LogP contribution in [0.4, 0.5) is 4.39 Å². The zero-order chi connectivity index (χ0) is 13.4. The van der Waals surface area contributed by atoms with Gasteiger partial charge in [-0.3, -0.25) is 9.59 Å². The predicted octanol–water partition coefficient (Wildman–Crippen LogP) is 1.09. The van der Waals surface area contributed by atoms with Crippen LogP contribution in [-0.2, 0) is 9.59 Å². The number of hydrogen-bond acceptors (Lipinski definition) is 2. The monoisotopic (exact) mass is 250 g/mol. The van der Waals surface area contributed by atoms with E-state index in [0.29, 0.717) is 18.7 Å². The van der Waals surface area contributed by atoms with Gasteiger partial charge in [0, 0.05) is 26.1 Å². The quantitative estimate of drug-likeness (QED) is 0.607. The molecule has 0 spiro atoms. The Labute approximate surface area is 105 Å². The summed E-state index contributed by atoms with van der Waals surface area (Å²) in [5, 5.41) is 5.14. The second-order valence-corrected chi connectivity index (χ2v) is 3.66. The average Bonchev–Trinajstić information content (AvgIpc) is 2.32. The standard InChI is InChI=1S/C13H15FN2O2/c1-10(17)15-7-8-16-13(18)6-5-11-3-2-4-12(14)9-11/h2-6,9H,7-8H2,1H3,(H,15,17)(H,16,18)/b6-5+. The maximum atomic E-state index is 12.8. The molecule has 0 bridgehead atoms. The van der Waals surface area contributed by atoms with Gasteiger partial charge in [-0.2, -0.15) is 0 Å². The van der Waals surface area contributed by atoms with E-state index in [1.165, 1.54) is 31.2 Å². The van der Waals surface area contributed by atoms with Crippen LogP contribution in [0, 0.1) is 5.82 Å². The summed E-state index contributed by atoms with van der Waals surface area (Å²) in [5.74, 6) is -0.771. The highest BCUT2D eigenvalue weighted by Crippen LogP contribution is 2.04. The smallest absolute Gasteiger partial charge is 0.244 e. The molecule has 0 aliphatic carbocycles. The summed E-state index contributed by atoms with van der Waals surface area (Å²) < 4.78 is 12.8. The predicted molar refractivity (Wildman–Crippen MR) is 67.1 cm³/mol. The molecule has 2 N–H and O–H groups in total. The topological polar surface area (TPSA) is 58.2 Å². The van der Waals surface area contributed by atoms with E-state index < -0.39 is 0 Å². The van der Waals surface area contributed by atoms with Crippen molar-refractivity contribution in [1.29, 1.82) is 0 Å². The Bertz CT molecular complexity index is 458. The molecule has 0 heterocycles. The van der Waals surface area contributed by atoms with E-state index in [1.807, 2.05) is 0 Å². The highest BCUT2D eigenvalue weighted by Gasteiger charge is 1.96. The first-order chi connectivity index (χ1) is 8.58. The molecule has 0 radical (unpaired) electrons. The lowest BCUT2D eigenvalue weighted by atomic mass is 10.2. The molecular formula is C13H15FN2O2.